The van der Waals surface area contributed by atoms with E-state index in [0.717, 1.165) is 0 Å². The molecule has 0 rings (SSSR count). The predicted molar refractivity (Wildman–Crippen MR) is 66.3 cm³/mol. The molecule has 0 bridgehead atoms. The largest absolute Gasteiger partial charge is 0.479 e. The Morgan fingerprint density at radius 3 is 2.11 bits per heavy atom. The zero-order chi connectivity index (χ0) is 14.5. The summed E-state index contributed by atoms with van der Waals surface area (Å²) in [4.78, 5) is 22.3. The van der Waals surface area contributed by atoms with Crippen LogP contribution in [0.2, 0.25) is 0 Å². The highest BCUT2D eigenvalue weighted by Gasteiger charge is 2.29. The highest BCUT2D eigenvalue weighted by atomic mass is 16.6. The summed E-state index contributed by atoms with van der Waals surface area (Å²) < 4.78 is 5.03. The quantitative estimate of drug-likeness (QED) is 0.694. The Bertz CT molecular complexity index is 295. The van der Waals surface area contributed by atoms with Crippen LogP contribution in [0.15, 0.2) is 0 Å². The summed E-state index contributed by atoms with van der Waals surface area (Å²) in [5.74, 6) is -1.23. The highest BCUT2D eigenvalue weighted by Crippen LogP contribution is 2.11. The van der Waals surface area contributed by atoms with E-state index in [2.05, 4.69) is 5.32 Å². The molecule has 0 aliphatic carbocycles. The maximum Gasteiger partial charge on any atom is 0.407 e. The Kier molecular flexibility index (Phi) is 6.11. The molecule has 0 saturated carbocycles. The molecule has 6 heteroatoms. The number of aliphatic hydroxyl groups is 1. The second-order valence-corrected chi connectivity index (χ2v) is 5.67. The second kappa shape index (κ2) is 6.58. The van der Waals surface area contributed by atoms with Crippen LogP contribution in [0.25, 0.3) is 0 Å². The van der Waals surface area contributed by atoms with Crippen LogP contribution in [0.3, 0.4) is 0 Å². The van der Waals surface area contributed by atoms with Gasteiger partial charge in [0, 0.05) is 0 Å². The molecule has 0 radical (unpaired) electrons. The molecule has 0 fully saturated rings. The molecule has 1 amide bonds. The molecule has 6 nitrogen and oxygen atoms in total. The lowest BCUT2D eigenvalue weighted by Crippen LogP contribution is -2.49. The third-order valence-electron chi connectivity index (χ3n) is 2.06. The molecule has 2 atom stereocenters. The number of carbonyl (C=O) groups excluding carboxylic acids is 1. The van der Waals surface area contributed by atoms with Crippen molar-refractivity contribution in [3.63, 3.8) is 0 Å². The molecule has 0 aliphatic heterocycles. The number of aliphatic hydroxyl groups excluding tert-OH is 1. The summed E-state index contributed by atoms with van der Waals surface area (Å²) in [5, 5.41) is 20.7. The first kappa shape index (κ1) is 16.7. The number of aliphatic carboxylic acids is 1. The van der Waals surface area contributed by atoms with Gasteiger partial charge in [0.2, 0.25) is 0 Å². The standard InChI is InChI=1S/C12H23NO5/c1-7(2)6-8(9(14)10(15)16)13-11(17)18-12(3,4)5/h7-9,14H,6H2,1-5H3,(H,13,17)(H,15,16)/t8-,9-/m0/s1. The first-order valence-electron chi connectivity index (χ1n) is 5.93. The summed E-state index contributed by atoms with van der Waals surface area (Å²) in [7, 11) is 0. The fourth-order valence-corrected chi connectivity index (χ4v) is 1.41. The molecule has 18 heavy (non-hydrogen) atoms. The number of rotatable bonds is 5. The van der Waals surface area contributed by atoms with Gasteiger partial charge in [-0.3, -0.25) is 0 Å². The van der Waals surface area contributed by atoms with Crippen molar-refractivity contribution in [3.8, 4) is 0 Å². The first-order valence-corrected chi connectivity index (χ1v) is 5.93. The van der Waals surface area contributed by atoms with Crippen LogP contribution in [0.5, 0.6) is 0 Å². The second-order valence-electron chi connectivity index (χ2n) is 5.67. The van der Waals surface area contributed by atoms with Gasteiger partial charge in [-0.05, 0) is 33.1 Å². The van der Waals surface area contributed by atoms with Crippen molar-refractivity contribution >= 4 is 12.1 Å². The molecule has 0 unspecified atom stereocenters. The molecule has 0 saturated heterocycles. The molecule has 106 valence electrons. The molecule has 0 spiro atoms. The van der Waals surface area contributed by atoms with E-state index in [0.29, 0.717) is 6.42 Å². The minimum Gasteiger partial charge on any atom is -0.479 e. The zero-order valence-corrected chi connectivity index (χ0v) is 11.6. The van der Waals surface area contributed by atoms with E-state index < -0.39 is 29.8 Å². The summed E-state index contributed by atoms with van der Waals surface area (Å²) in [6, 6.07) is -0.864. The van der Waals surface area contributed by atoms with Gasteiger partial charge in [-0.25, -0.2) is 9.59 Å². The monoisotopic (exact) mass is 261 g/mol. The maximum atomic E-state index is 11.5. The fraction of sp³-hybridized carbons (Fsp3) is 0.833. The van der Waals surface area contributed by atoms with Gasteiger partial charge in [-0.15, -0.1) is 0 Å². The van der Waals surface area contributed by atoms with Gasteiger partial charge in [-0.2, -0.15) is 0 Å². The van der Waals surface area contributed by atoms with Gasteiger partial charge in [0.25, 0.3) is 0 Å². The lowest BCUT2D eigenvalue weighted by Gasteiger charge is -2.26. The number of nitrogens with one attached hydrogen (secondary N) is 1. The van der Waals surface area contributed by atoms with Crippen molar-refractivity contribution in [2.24, 2.45) is 5.92 Å². The van der Waals surface area contributed by atoms with Crippen molar-refractivity contribution in [2.75, 3.05) is 0 Å². The summed E-state index contributed by atoms with van der Waals surface area (Å²) in [5.41, 5.74) is -0.666. The van der Waals surface area contributed by atoms with Gasteiger partial charge in [0.15, 0.2) is 6.10 Å². The topological polar surface area (TPSA) is 95.9 Å². The van der Waals surface area contributed by atoms with E-state index in [1.165, 1.54) is 0 Å². The van der Waals surface area contributed by atoms with Gasteiger partial charge in [-0.1, -0.05) is 13.8 Å². The van der Waals surface area contributed by atoms with Crippen molar-refractivity contribution in [1.29, 1.82) is 0 Å². The number of hydrogen-bond acceptors (Lipinski definition) is 4. The van der Waals surface area contributed by atoms with E-state index in [-0.39, 0.29) is 5.92 Å². The third-order valence-corrected chi connectivity index (χ3v) is 2.06. The van der Waals surface area contributed by atoms with Gasteiger partial charge in [0.05, 0.1) is 6.04 Å². The minimum absolute atomic E-state index is 0.138. The van der Waals surface area contributed by atoms with Crippen LogP contribution >= 0.6 is 0 Å². The van der Waals surface area contributed by atoms with Crippen molar-refractivity contribution in [2.45, 2.75) is 58.8 Å². The predicted octanol–water partition coefficient (Wildman–Crippen LogP) is 1.37. The zero-order valence-electron chi connectivity index (χ0n) is 11.6. The average molecular weight is 261 g/mol. The van der Waals surface area contributed by atoms with Crippen molar-refractivity contribution in [3.05, 3.63) is 0 Å². The van der Waals surface area contributed by atoms with Crippen molar-refractivity contribution < 1.29 is 24.5 Å². The summed E-state index contributed by atoms with van der Waals surface area (Å²) in [6.45, 7) is 8.86. The highest BCUT2D eigenvalue weighted by molar-refractivity contribution is 5.75. The molecule has 0 aromatic heterocycles. The van der Waals surface area contributed by atoms with Crippen LogP contribution in [0.4, 0.5) is 4.79 Å². The lowest BCUT2D eigenvalue weighted by molar-refractivity contribution is -0.148. The van der Waals surface area contributed by atoms with E-state index in [1.54, 1.807) is 20.8 Å². The fourth-order valence-electron chi connectivity index (χ4n) is 1.41. The number of carboxylic acid groups (broad SMARTS) is 1. The van der Waals surface area contributed by atoms with E-state index in [1.807, 2.05) is 13.8 Å². The molecule has 0 aromatic rings. The van der Waals surface area contributed by atoms with E-state index in [9.17, 15) is 14.7 Å². The van der Waals surface area contributed by atoms with Gasteiger partial charge >= 0.3 is 12.1 Å². The number of hydrogen-bond donors (Lipinski definition) is 3. The first-order chi connectivity index (χ1) is 8.03. The molecule has 0 heterocycles. The Balaban J connectivity index is 4.59. The molecule has 0 aliphatic rings. The van der Waals surface area contributed by atoms with Crippen LogP contribution in [-0.4, -0.2) is 40.0 Å². The molecule has 3 N–H and O–H groups in total. The minimum atomic E-state index is -1.64. The number of carbonyl (C=O) groups is 2. The Morgan fingerprint density at radius 2 is 1.78 bits per heavy atom. The van der Waals surface area contributed by atoms with Crippen molar-refractivity contribution in [1.82, 2.24) is 5.32 Å². The normalized spacial score (nSPS) is 15.1. The number of amides is 1. The third kappa shape index (κ3) is 7.11. The van der Waals surface area contributed by atoms with Gasteiger partial charge < -0.3 is 20.3 Å². The Hall–Kier alpha value is -1.30. The molecule has 0 aromatic carbocycles. The van der Waals surface area contributed by atoms with Crippen LogP contribution in [0, 0.1) is 5.92 Å². The Morgan fingerprint density at radius 1 is 1.28 bits per heavy atom. The average Bonchev–Trinajstić information content (AvgIpc) is 2.11. The lowest BCUT2D eigenvalue weighted by atomic mass is 9.99. The van der Waals surface area contributed by atoms with Crippen LogP contribution < -0.4 is 5.32 Å². The molecular formula is C12H23NO5. The maximum absolute atomic E-state index is 11.5. The summed E-state index contributed by atoms with van der Waals surface area (Å²) >= 11 is 0. The number of alkyl carbamates (subject to hydrolysis) is 1. The smallest absolute Gasteiger partial charge is 0.407 e. The SMILES string of the molecule is CC(C)C[C@H](NC(=O)OC(C)(C)C)[C@H](O)C(=O)O. The summed E-state index contributed by atoms with van der Waals surface area (Å²) in [6.07, 6.45) is -2.01. The Labute approximate surface area is 107 Å². The number of carboxylic acids is 1. The van der Waals surface area contributed by atoms with Crippen LogP contribution in [-0.2, 0) is 9.53 Å². The van der Waals surface area contributed by atoms with E-state index >= 15 is 0 Å². The van der Waals surface area contributed by atoms with Gasteiger partial charge in [0.1, 0.15) is 5.60 Å². The van der Waals surface area contributed by atoms with E-state index in [4.69, 9.17) is 9.84 Å². The number of ether oxygens (including phenoxy) is 1. The molecular weight excluding hydrogens is 238 g/mol. The van der Waals surface area contributed by atoms with Crippen LogP contribution in [0.1, 0.15) is 41.0 Å².